The minimum atomic E-state index is -0.357. The number of carbonyl (C=O) groups is 1. The van der Waals surface area contributed by atoms with E-state index >= 15 is 0 Å². The van der Waals surface area contributed by atoms with Crippen LogP contribution in [0.5, 0.6) is 17.2 Å². The van der Waals surface area contributed by atoms with Gasteiger partial charge < -0.3 is 18.9 Å². The highest BCUT2D eigenvalue weighted by Crippen LogP contribution is 2.32. The van der Waals surface area contributed by atoms with Crippen LogP contribution in [-0.4, -0.2) is 41.0 Å². The van der Waals surface area contributed by atoms with Crippen LogP contribution in [0.15, 0.2) is 54.7 Å². The molecule has 35 heavy (non-hydrogen) atoms. The third-order valence-corrected chi connectivity index (χ3v) is 6.27. The van der Waals surface area contributed by atoms with Crippen molar-refractivity contribution in [2.75, 3.05) is 13.9 Å². The fraction of sp³-hybridized carbons (Fsp3) is 0.370. The van der Waals surface area contributed by atoms with E-state index in [0.717, 1.165) is 54.0 Å². The van der Waals surface area contributed by atoms with Crippen molar-refractivity contribution >= 4 is 5.97 Å². The standard InChI is InChI=1S/C27H29N3O5/c1-32-24-11-7-9-20-8-5-3-2-4-6-10-22(35-27(31)26(20)24)15-21-17-30(29-28-21)16-19-12-13-23-25(14-19)34-18-33-23/h3,5,7,9,11-14,17,22H,2,4,6,8,10,15-16,18H2,1H3/b5-3-/t22-/m1/s1. The Bertz CT molecular complexity index is 1220. The highest BCUT2D eigenvalue weighted by Gasteiger charge is 2.23. The Kier molecular flexibility index (Phi) is 6.97. The minimum Gasteiger partial charge on any atom is -0.496 e. The number of hydrogen-bond acceptors (Lipinski definition) is 7. The molecule has 3 aromatic rings. The topological polar surface area (TPSA) is 84.7 Å². The van der Waals surface area contributed by atoms with Crippen molar-refractivity contribution in [3.05, 3.63) is 77.1 Å². The van der Waals surface area contributed by atoms with E-state index in [2.05, 4.69) is 22.5 Å². The first-order chi connectivity index (χ1) is 17.2. The van der Waals surface area contributed by atoms with E-state index in [4.69, 9.17) is 18.9 Å². The molecule has 3 heterocycles. The Hall–Kier alpha value is -3.81. The molecule has 0 radical (unpaired) electrons. The highest BCUT2D eigenvalue weighted by molar-refractivity contribution is 5.94. The smallest absolute Gasteiger partial charge is 0.342 e. The van der Waals surface area contributed by atoms with Crippen molar-refractivity contribution in [3.63, 3.8) is 0 Å². The van der Waals surface area contributed by atoms with Crippen LogP contribution in [0.4, 0.5) is 0 Å². The number of rotatable bonds is 5. The molecule has 0 fully saturated rings. The van der Waals surface area contributed by atoms with Crippen LogP contribution < -0.4 is 14.2 Å². The predicted molar refractivity (Wildman–Crippen MR) is 129 cm³/mol. The maximum atomic E-state index is 13.3. The first kappa shape index (κ1) is 23.0. The van der Waals surface area contributed by atoms with E-state index < -0.39 is 0 Å². The maximum absolute atomic E-state index is 13.3. The number of nitrogens with zero attached hydrogens (tertiary/aromatic N) is 3. The van der Waals surface area contributed by atoms with E-state index in [1.54, 1.807) is 17.9 Å². The van der Waals surface area contributed by atoms with E-state index in [1.165, 1.54) is 0 Å². The molecule has 182 valence electrons. The van der Waals surface area contributed by atoms with Gasteiger partial charge in [0, 0.05) is 12.6 Å². The molecule has 0 N–H and O–H groups in total. The van der Waals surface area contributed by atoms with Crippen LogP contribution in [0.3, 0.4) is 0 Å². The van der Waals surface area contributed by atoms with Gasteiger partial charge in [-0.05, 0) is 61.4 Å². The third kappa shape index (κ3) is 5.48. The minimum absolute atomic E-state index is 0.249. The summed E-state index contributed by atoms with van der Waals surface area (Å²) in [4.78, 5) is 13.3. The summed E-state index contributed by atoms with van der Waals surface area (Å²) in [6, 6.07) is 11.5. The Morgan fingerprint density at radius 3 is 2.94 bits per heavy atom. The van der Waals surface area contributed by atoms with Gasteiger partial charge in [-0.3, -0.25) is 0 Å². The average Bonchev–Trinajstić information content (AvgIpc) is 3.51. The summed E-state index contributed by atoms with van der Waals surface area (Å²) in [7, 11) is 1.57. The summed E-state index contributed by atoms with van der Waals surface area (Å²) in [5.41, 5.74) is 3.23. The van der Waals surface area contributed by atoms with Crippen molar-refractivity contribution in [1.29, 1.82) is 0 Å². The number of esters is 1. The summed E-state index contributed by atoms with van der Waals surface area (Å²) in [5.74, 6) is 1.68. The number of ether oxygens (including phenoxy) is 4. The lowest BCUT2D eigenvalue weighted by molar-refractivity contribution is 0.0271. The van der Waals surface area contributed by atoms with Crippen molar-refractivity contribution in [1.82, 2.24) is 15.0 Å². The number of aromatic nitrogens is 3. The molecule has 8 heteroatoms. The number of hydrogen-bond donors (Lipinski definition) is 0. The Labute approximate surface area is 204 Å². The lowest BCUT2D eigenvalue weighted by Crippen LogP contribution is -2.22. The lowest BCUT2D eigenvalue weighted by Gasteiger charge is -2.19. The first-order valence-electron chi connectivity index (χ1n) is 12.0. The van der Waals surface area contributed by atoms with Gasteiger partial charge in [-0.15, -0.1) is 5.10 Å². The van der Waals surface area contributed by atoms with Gasteiger partial charge in [0.15, 0.2) is 11.5 Å². The molecule has 0 saturated carbocycles. The number of benzene rings is 2. The van der Waals surface area contributed by atoms with E-state index in [1.807, 2.05) is 36.5 Å². The Morgan fingerprint density at radius 1 is 1.11 bits per heavy atom. The van der Waals surface area contributed by atoms with Crippen LogP contribution in [0, 0.1) is 0 Å². The van der Waals surface area contributed by atoms with Crippen molar-refractivity contribution in [3.8, 4) is 17.2 Å². The second-order valence-electron chi connectivity index (χ2n) is 8.78. The van der Waals surface area contributed by atoms with Gasteiger partial charge >= 0.3 is 5.97 Å². The monoisotopic (exact) mass is 475 g/mol. The molecular formula is C27H29N3O5. The zero-order chi connectivity index (χ0) is 24.0. The first-order valence-corrected chi connectivity index (χ1v) is 12.0. The van der Waals surface area contributed by atoms with Gasteiger partial charge in [-0.25, -0.2) is 9.48 Å². The summed E-state index contributed by atoms with van der Waals surface area (Å²) < 4.78 is 24.1. The third-order valence-electron chi connectivity index (χ3n) is 6.27. The lowest BCUT2D eigenvalue weighted by atomic mass is 10.0. The van der Waals surface area contributed by atoms with Gasteiger partial charge in [-0.2, -0.15) is 0 Å². The van der Waals surface area contributed by atoms with E-state index in [-0.39, 0.29) is 18.9 Å². The van der Waals surface area contributed by atoms with Crippen LogP contribution in [0.2, 0.25) is 0 Å². The average molecular weight is 476 g/mol. The van der Waals surface area contributed by atoms with Crippen LogP contribution in [0.1, 0.15) is 52.9 Å². The highest BCUT2D eigenvalue weighted by atomic mass is 16.7. The quantitative estimate of drug-likeness (QED) is 0.397. The molecule has 0 amide bonds. The fourth-order valence-corrected chi connectivity index (χ4v) is 4.49. The zero-order valence-corrected chi connectivity index (χ0v) is 19.8. The second kappa shape index (κ2) is 10.6. The van der Waals surface area contributed by atoms with Gasteiger partial charge in [0.25, 0.3) is 0 Å². The molecule has 0 saturated heterocycles. The van der Waals surface area contributed by atoms with Crippen LogP contribution in [0.25, 0.3) is 0 Å². The molecule has 1 atom stereocenters. The van der Waals surface area contributed by atoms with Gasteiger partial charge in [-0.1, -0.05) is 35.6 Å². The summed E-state index contributed by atoms with van der Waals surface area (Å²) in [6.45, 7) is 0.810. The second-order valence-corrected chi connectivity index (χ2v) is 8.78. The molecule has 1 aromatic heterocycles. The molecule has 2 aliphatic heterocycles. The number of fused-ring (bicyclic) bond motifs is 2. The summed E-state index contributed by atoms with van der Waals surface area (Å²) in [6.07, 6.45) is 10.9. The molecule has 2 aromatic carbocycles. The van der Waals surface area contributed by atoms with Crippen molar-refractivity contribution < 1.29 is 23.7 Å². The number of allylic oxidation sites excluding steroid dienone is 2. The normalized spacial score (nSPS) is 18.7. The SMILES string of the molecule is COc1cccc2c1C(=O)O[C@@H](Cc1cn(Cc3ccc4c(c3)OCO4)nn1)CCCC/C=C\C2. The van der Waals surface area contributed by atoms with Gasteiger partial charge in [0.2, 0.25) is 6.79 Å². The Balaban J connectivity index is 1.30. The number of cyclic esters (lactones) is 1. The summed E-state index contributed by atoms with van der Waals surface area (Å²) in [5, 5.41) is 8.62. The van der Waals surface area contributed by atoms with Crippen molar-refractivity contribution in [2.24, 2.45) is 0 Å². The number of methoxy groups -OCH3 is 1. The van der Waals surface area contributed by atoms with E-state index in [9.17, 15) is 4.79 Å². The largest absolute Gasteiger partial charge is 0.496 e. The maximum Gasteiger partial charge on any atom is 0.342 e. The van der Waals surface area contributed by atoms with Crippen LogP contribution in [-0.2, 0) is 24.1 Å². The van der Waals surface area contributed by atoms with E-state index in [0.29, 0.717) is 30.7 Å². The molecule has 5 rings (SSSR count). The fourth-order valence-electron chi connectivity index (χ4n) is 4.49. The molecule has 0 bridgehead atoms. The van der Waals surface area contributed by atoms with Gasteiger partial charge in [0.05, 0.1) is 19.3 Å². The van der Waals surface area contributed by atoms with Gasteiger partial charge in [0.1, 0.15) is 17.4 Å². The molecular weight excluding hydrogens is 446 g/mol. The number of carbonyl (C=O) groups excluding carboxylic acids is 1. The van der Waals surface area contributed by atoms with Crippen LogP contribution >= 0.6 is 0 Å². The molecule has 0 aliphatic carbocycles. The molecule has 2 aliphatic rings. The molecule has 0 spiro atoms. The summed E-state index contributed by atoms with van der Waals surface area (Å²) >= 11 is 0. The molecule has 0 unspecified atom stereocenters. The Morgan fingerprint density at radius 2 is 2.03 bits per heavy atom. The van der Waals surface area contributed by atoms with Crippen molar-refractivity contribution in [2.45, 2.75) is 51.2 Å². The zero-order valence-electron chi connectivity index (χ0n) is 19.8. The molecule has 8 nitrogen and oxygen atoms in total. The predicted octanol–water partition coefficient (Wildman–Crippen LogP) is 4.50.